The summed E-state index contributed by atoms with van der Waals surface area (Å²) >= 11 is 6.05. The average Bonchev–Trinajstić information content (AvgIpc) is 3.12. The van der Waals surface area contributed by atoms with Gasteiger partial charge in [-0.15, -0.1) is 0 Å². The molecule has 2 aliphatic rings. The molecule has 5 rings (SSSR count). The molecule has 0 saturated carbocycles. The van der Waals surface area contributed by atoms with Crippen molar-refractivity contribution in [1.29, 1.82) is 0 Å². The van der Waals surface area contributed by atoms with Gasteiger partial charge in [-0.3, -0.25) is 19.3 Å². The highest BCUT2D eigenvalue weighted by Crippen LogP contribution is 2.48. The van der Waals surface area contributed by atoms with Crippen LogP contribution in [0.2, 0.25) is 5.02 Å². The van der Waals surface area contributed by atoms with Crippen molar-refractivity contribution in [2.24, 2.45) is 0 Å². The third kappa shape index (κ3) is 3.40. The Balaban J connectivity index is 1.65. The molecule has 3 aromatic carbocycles. The number of hydrogen-bond donors (Lipinski definition) is 0. The number of halogens is 1. The molecule has 0 N–H and O–H groups in total. The van der Waals surface area contributed by atoms with Gasteiger partial charge in [0.25, 0.3) is 17.7 Å². The van der Waals surface area contributed by atoms with E-state index in [4.69, 9.17) is 25.8 Å². The highest BCUT2D eigenvalue weighted by atomic mass is 35.5. The van der Waals surface area contributed by atoms with E-state index in [9.17, 15) is 14.4 Å². The van der Waals surface area contributed by atoms with Crippen molar-refractivity contribution in [2.45, 2.75) is 12.1 Å². The highest BCUT2D eigenvalue weighted by Gasteiger charge is 2.57. The quantitative estimate of drug-likeness (QED) is 0.380. The van der Waals surface area contributed by atoms with Gasteiger partial charge in [0, 0.05) is 10.7 Å². The van der Waals surface area contributed by atoms with Crippen molar-refractivity contribution in [3.8, 4) is 17.2 Å². The molecular weight excluding hydrogens is 472 g/mol. The number of imide groups is 1. The second kappa shape index (κ2) is 8.63. The van der Waals surface area contributed by atoms with E-state index in [0.717, 1.165) is 4.90 Å². The monoisotopic (exact) mass is 492 g/mol. The molecule has 2 atom stereocenters. The minimum atomic E-state index is -1.05. The highest BCUT2D eigenvalue weighted by molar-refractivity contribution is 6.30. The van der Waals surface area contributed by atoms with Crippen LogP contribution in [0.3, 0.4) is 0 Å². The van der Waals surface area contributed by atoms with E-state index in [1.54, 1.807) is 60.7 Å². The lowest BCUT2D eigenvalue weighted by atomic mass is 9.86. The minimum Gasteiger partial charge on any atom is -0.493 e. The Morgan fingerprint density at radius 1 is 0.714 bits per heavy atom. The lowest BCUT2D eigenvalue weighted by molar-refractivity contribution is -0.130. The van der Waals surface area contributed by atoms with Crippen LogP contribution in [0, 0.1) is 0 Å². The van der Waals surface area contributed by atoms with Gasteiger partial charge in [-0.1, -0.05) is 23.7 Å². The van der Waals surface area contributed by atoms with Crippen molar-refractivity contribution in [2.75, 3.05) is 26.2 Å². The predicted molar refractivity (Wildman–Crippen MR) is 129 cm³/mol. The third-order valence-corrected chi connectivity index (χ3v) is 6.56. The van der Waals surface area contributed by atoms with E-state index in [1.807, 2.05) is 0 Å². The zero-order chi connectivity index (χ0) is 24.9. The number of amides is 3. The molecule has 3 aromatic rings. The van der Waals surface area contributed by atoms with Crippen molar-refractivity contribution in [3.63, 3.8) is 0 Å². The molecule has 0 aliphatic carbocycles. The van der Waals surface area contributed by atoms with Gasteiger partial charge < -0.3 is 19.1 Å². The van der Waals surface area contributed by atoms with Gasteiger partial charge in [0.15, 0.2) is 11.5 Å². The Labute approximate surface area is 206 Å². The molecule has 3 amide bonds. The van der Waals surface area contributed by atoms with Crippen LogP contribution in [0.5, 0.6) is 17.2 Å². The molecule has 0 radical (unpaired) electrons. The Bertz CT molecular complexity index is 1300. The molecule has 0 spiro atoms. The van der Waals surface area contributed by atoms with Gasteiger partial charge in [-0.05, 0) is 54.1 Å². The number of carbonyl (C=O) groups excluding carboxylic acids is 3. The summed E-state index contributed by atoms with van der Waals surface area (Å²) in [4.78, 5) is 42.6. The molecule has 0 unspecified atom stereocenters. The molecule has 8 nitrogen and oxygen atoms in total. The maximum Gasteiger partial charge on any atom is 0.262 e. The lowest BCUT2D eigenvalue weighted by Gasteiger charge is -2.49. The van der Waals surface area contributed by atoms with Gasteiger partial charge in [-0.2, -0.15) is 0 Å². The van der Waals surface area contributed by atoms with E-state index >= 15 is 0 Å². The van der Waals surface area contributed by atoms with Crippen LogP contribution >= 0.6 is 11.6 Å². The van der Waals surface area contributed by atoms with E-state index in [0.29, 0.717) is 33.5 Å². The van der Waals surface area contributed by atoms with Gasteiger partial charge in [-0.25, -0.2) is 0 Å². The van der Waals surface area contributed by atoms with E-state index in [1.165, 1.54) is 26.2 Å². The smallest absolute Gasteiger partial charge is 0.262 e. The second-order valence-corrected chi connectivity index (χ2v) is 8.50. The molecule has 1 fully saturated rings. The molecule has 0 bridgehead atoms. The Morgan fingerprint density at radius 3 is 1.74 bits per heavy atom. The van der Waals surface area contributed by atoms with Crippen molar-refractivity contribution in [1.82, 2.24) is 4.90 Å². The standard InChI is InChI=1S/C26H21ClN2O6/c1-33-19-12-14(13-20(34-2)23(19)35-3)21-22(26(32)28(21)16-10-8-15(27)9-11-16)29-24(30)17-6-4-5-7-18(17)25(29)31/h4-13,21-22H,1-3H3/t21-,22-/m0/s1. The van der Waals surface area contributed by atoms with Crippen LogP contribution in [-0.2, 0) is 4.79 Å². The van der Waals surface area contributed by atoms with Crippen LogP contribution in [0.25, 0.3) is 0 Å². The predicted octanol–water partition coefficient (Wildman–Crippen LogP) is 4.12. The molecule has 35 heavy (non-hydrogen) atoms. The van der Waals surface area contributed by atoms with Crippen molar-refractivity contribution < 1.29 is 28.6 Å². The summed E-state index contributed by atoms with van der Waals surface area (Å²) in [5.74, 6) is -0.230. The second-order valence-electron chi connectivity index (χ2n) is 8.06. The summed E-state index contributed by atoms with van der Waals surface area (Å²) in [7, 11) is 4.48. The Morgan fingerprint density at radius 2 is 1.26 bits per heavy atom. The van der Waals surface area contributed by atoms with Gasteiger partial charge in [0.1, 0.15) is 6.04 Å². The lowest BCUT2D eigenvalue weighted by Crippen LogP contribution is -2.67. The fraction of sp³-hybridized carbons (Fsp3) is 0.192. The maximum absolute atomic E-state index is 13.6. The summed E-state index contributed by atoms with van der Waals surface area (Å²) in [5, 5.41) is 0.517. The molecule has 1 saturated heterocycles. The number of nitrogens with zero attached hydrogens (tertiary/aromatic N) is 2. The number of rotatable bonds is 6. The zero-order valence-electron chi connectivity index (χ0n) is 19.2. The topological polar surface area (TPSA) is 85.4 Å². The minimum absolute atomic E-state index is 0.277. The first kappa shape index (κ1) is 22.7. The third-order valence-electron chi connectivity index (χ3n) is 6.30. The molecule has 0 aromatic heterocycles. The summed E-state index contributed by atoms with van der Waals surface area (Å²) < 4.78 is 16.4. The number of anilines is 1. The number of β-lactam (4-membered cyclic amide) rings is 1. The fourth-order valence-electron chi connectivity index (χ4n) is 4.68. The summed E-state index contributed by atoms with van der Waals surface area (Å²) in [6, 6.07) is 15.0. The fourth-order valence-corrected chi connectivity index (χ4v) is 4.80. The van der Waals surface area contributed by atoms with Crippen molar-refractivity contribution in [3.05, 3.63) is 82.4 Å². The molecule has 9 heteroatoms. The number of methoxy groups -OCH3 is 3. The number of hydrogen-bond acceptors (Lipinski definition) is 6. The maximum atomic E-state index is 13.6. The number of fused-ring (bicyclic) bond motifs is 1. The number of carbonyl (C=O) groups is 3. The first-order chi connectivity index (χ1) is 16.9. The SMILES string of the molecule is COc1cc([C@H]2[C@H](N3C(=O)c4ccccc4C3=O)C(=O)N2c2ccc(Cl)cc2)cc(OC)c1OC. The Kier molecular flexibility index (Phi) is 5.61. The zero-order valence-corrected chi connectivity index (χ0v) is 19.9. The van der Waals surface area contributed by atoms with Crippen LogP contribution < -0.4 is 19.1 Å². The van der Waals surface area contributed by atoms with Crippen LogP contribution in [0.4, 0.5) is 5.69 Å². The largest absolute Gasteiger partial charge is 0.493 e. The first-order valence-corrected chi connectivity index (χ1v) is 11.1. The molecule has 2 heterocycles. The number of ether oxygens (including phenoxy) is 3. The molecule has 2 aliphatic heterocycles. The van der Waals surface area contributed by atoms with E-state index in [-0.39, 0.29) is 17.0 Å². The number of benzene rings is 3. The summed E-state index contributed by atoms with van der Waals surface area (Å²) in [6.45, 7) is 0. The Hall–Kier alpha value is -4.04. The normalized spacial score (nSPS) is 18.9. The first-order valence-electron chi connectivity index (χ1n) is 10.8. The van der Waals surface area contributed by atoms with E-state index < -0.39 is 23.9 Å². The van der Waals surface area contributed by atoms with Gasteiger partial charge in [0.05, 0.1) is 38.5 Å². The van der Waals surface area contributed by atoms with E-state index in [2.05, 4.69) is 0 Å². The van der Waals surface area contributed by atoms with Crippen LogP contribution in [-0.4, -0.2) is 50.0 Å². The van der Waals surface area contributed by atoms with Gasteiger partial charge in [0.2, 0.25) is 5.75 Å². The molecule has 178 valence electrons. The van der Waals surface area contributed by atoms with Crippen LogP contribution in [0.15, 0.2) is 60.7 Å². The van der Waals surface area contributed by atoms with Gasteiger partial charge >= 0.3 is 0 Å². The summed E-state index contributed by atoms with van der Waals surface area (Å²) in [6.07, 6.45) is 0. The average molecular weight is 493 g/mol. The van der Waals surface area contributed by atoms with Crippen LogP contribution in [0.1, 0.15) is 32.3 Å². The molecular formula is C26H21ClN2O6. The van der Waals surface area contributed by atoms with Crippen molar-refractivity contribution >= 4 is 35.0 Å². The summed E-state index contributed by atoms with van der Waals surface area (Å²) in [5.41, 5.74) is 1.74.